The lowest BCUT2D eigenvalue weighted by Crippen LogP contribution is -1.86. The van der Waals surface area contributed by atoms with Crippen LogP contribution in [0.4, 0.5) is 0 Å². The first-order valence-electron chi connectivity index (χ1n) is 3.24. The second kappa shape index (κ2) is 1.62. The van der Waals surface area contributed by atoms with Gasteiger partial charge in [0, 0.05) is 25.0 Å². The number of aromatic nitrogens is 3. The van der Waals surface area contributed by atoms with Crippen LogP contribution in [0, 0.1) is 6.92 Å². The Morgan fingerprint density at radius 3 is 2.90 bits per heavy atom. The topological polar surface area (TPSA) is 22.2 Å². The third kappa shape index (κ3) is 0.518. The van der Waals surface area contributed by atoms with E-state index in [1.54, 1.807) is 0 Å². The van der Waals surface area contributed by atoms with Crippen LogP contribution in [-0.4, -0.2) is 14.2 Å². The van der Waals surface area contributed by atoms with Crippen molar-refractivity contribution in [1.29, 1.82) is 0 Å². The zero-order valence-corrected chi connectivity index (χ0v) is 6.07. The summed E-state index contributed by atoms with van der Waals surface area (Å²) >= 11 is 0. The first-order chi connectivity index (χ1) is 4.79. The number of nitrogens with zero attached hydrogens (tertiary/aromatic N) is 3. The number of hydrogen-bond acceptors (Lipinski definition) is 1. The van der Waals surface area contributed by atoms with Crippen molar-refractivity contribution in [2.75, 3.05) is 0 Å². The molecule has 0 unspecified atom stereocenters. The molecule has 2 rings (SSSR count). The zero-order chi connectivity index (χ0) is 7.14. The van der Waals surface area contributed by atoms with E-state index in [-0.39, 0.29) is 0 Å². The van der Waals surface area contributed by atoms with E-state index in [9.17, 15) is 0 Å². The molecule has 2 aromatic heterocycles. The summed E-state index contributed by atoms with van der Waals surface area (Å²) < 4.78 is 3.93. The van der Waals surface area contributed by atoms with Crippen LogP contribution in [-0.2, 0) is 7.05 Å². The van der Waals surface area contributed by atoms with E-state index in [0.29, 0.717) is 0 Å². The highest BCUT2D eigenvalue weighted by Crippen LogP contribution is 2.07. The Hall–Kier alpha value is -1.25. The van der Waals surface area contributed by atoms with Gasteiger partial charge in [-0.1, -0.05) is 0 Å². The molecule has 0 aliphatic heterocycles. The quantitative estimate of drug-likeness (QED) is 0.528. The third-order valence-corrected chi connectivity index (χ3v) is 1.71. The Labute approximate surface area is 58.9 Å². The first kappa shape index (κ1) is 5.53. The van der Waals surface area contributed by atoms with Crippen LogP contribution in [0.5, 0.6) is 0 Å². The molecule has 3 heteroatoms. The lowest BCUT2D eigenvalue weighted by Gasteiger charge is -1.89. The number of hydrogen-bond donors (Lipinski definition) is 0. The molecule has 0 aromatic carbocycles. The fraction of sp³-hybridized carbons (Fsp3) is 0.286. The maximum atomic E-state index is 4.13. The summed E-state index contributed by atoms with van der Waals surface area (Å²) in [4.78, 5) is 0. The van der Waals surface area contributed by atoms with Crippen LogP contribution in [0.3, 0.4) is 0 Å². The molecule has 2 heterocycles. The molecular formula is C7H9N3. The minimum Gasteiger partial charge on any atom is -0.334 e. The van der Waals surface area contributed by atoms with E-state index in [0.717, 1.165) is 0 Å². The van der Waals surface area contributed by atoms with E-state index in [1.807, 2.05) is 30.2 Å². The Kier molecular flexibility index (Phi) is 0.897. The molecule has 3 nitrogen and oxygen atoms in total. The summed E-state index contributed by atoms with van der Waals surface area (Å²) in [6.45, 7) is 2.06. The van der Waals surface area contributed by atoms with Crippen molar-refractivity contribution in [3.05, 3.63) is 24.2 Å². The van der Waals surface area contributed by atoms with E-state index >= 15 is 0 Å². The molecule has 0 aliphatic carbocycles. The van der Waals surface area contributed by atoms with E-state index in [4.69, 9.17) is 0 Å². The molecule has 0 amide bonds. The van der Waals surface area contributed by atoms with Gasteiger partial charge in [-0.2, -0.15) is 5.10 Å². The van der Waals surface area contributed by atoms with Gasteiger partial charge in [0.25, 0.3) is 0 Å². The van der Waals surface area contributed by atoms with E-state index in [2.05, 4.69) is 16.6 Å². The standard InChI is InChI=1S/C7H9N3/c1-6-5-8-10-4-3-9(2)7(6)10/h3-5H,1-2H3. The molecule has 0 aliphatic rings. The Bertz CT molecular complexity index is 324. The molecule has 0 bridgehead atoms. The molecule has 2 aromatic rings. The predicted octanol–water partition coefficient (Wildman–Crippen LogP) is 0.981. The smallest absolute Gasteiger partial charge is 0.138 e. The second-order valence-corrected chi connectivity index (χ2v) is 2.50. The van der Waals surface area contributed by atoms with Crippen molar-refractivity contribution in [1.82, 2.24) is 14.2 Å². The van der Waals surface area contributed by atoms with Gasteiger partial charge >= 0.3 is 0 Å². The third-order valence-electron chi connectivity index (χ3n) is 1.71. The normalized spacial score (nSPS) is 11.0. The summed E-state index contributed by atoms with van der Waals surface area (Å²) in [6.07, 6.45) is 5.81. The molecule has 10 heavy (non-hydrogen) atoms. The van der Waals surface area contributed by atoms with Crippen molar-refractivity contribution in [3.63, 3.8) is 0 Å². The number of rotatable bonds is 0. The van der Waals surface area contributed by atoms with Gasteiger partial charge in [-0.3, -0.25) is 0 Å². The highest BCUT2D eigenvalue weighted by Gasteiger charge is 2.00. The maximum absolute atomic E-state index is 4.13. The average molecular weight is 135 g/mol. The molecule has 0 saturated carbocycles. The van der Waals surface area contributed by atoms with Crippen LogP contribution in [0.25, 0.3) is 5.65 Å². The number of aryl methyl sites for hydroxylation is 2. The molecular weight excluding hydrogens is 126 g/mol. The molecule has 0 N–H and O–H groups in total. The highest BCUT2D eigenvalue weighted by atomic mass is 15.3. The van der Waals surface area contributed by atoms with Gasteiger partial charge in [0.2, 0.25) is 0 Å². The summed E-state index contributed by atoms with van der Waals surface area (Å²) in [5, 5.41) is 4.13. The summed E-state index contributed by atoms with van der Waals surface area (Å²) in [5.74, 6) is 0. The largest absolute Gasteiger partial charge is 0.334 e. The van der Waals surface area contributed by atoms with Crippen molar-refractivity contribution in [2.24, 2.45) is 7.05 Å². The molecule has 0 saturated heterocycles. The number of fused-ring (bicyclic) bond motifs is 1. The maximum Gasteiger partial charge on any atom is 0.138 e. The van der Waals surface area contributed by atoms with Gasteiger partial charge in [-0.15, -0.1) is 0 Å². The summed E-state index contributed by atoms with van der Waals surface area (Å²) in [7, 11) is 2.02. The Morgan fingerprint density at radius 1 is 1.40 bits per heavy atom. The van der Waals surface area contributed by atoms with Gasteiger partial charge in [-0.05, 0) is 6.92 Å². The van der Waals surface area contributed by atoms with Gasteiger partial charge in [-0.25, -0.2) is 4.52 Å². The highest BCUT2D eigenvalue weighted by molar-refractivity contribution is 5.46. The fourth-order valence-electron chi connectivity index (χ4n) is 1.22. The predicted molar refractivity (Wildman–Crippen MR) is 38.9 cm³/mol. The van der Waals surface area contributed by atoms with Crippen LogP contribution >= 0.6 is 0 Å². The summed E-state index contributed by atoms with van der Waals surface area (Å²) in [5.41, 5.74) is 2.38. The van der Waals surface area contributed by atoms with Crippen LogP contribution in [0.1, 0.15) is 5.56 Å². The molecule has 0 spiro atoms. The molecule has 0 radical (unpaired) electrons. The minimum atomic E-state index is 1.17. The van der Waals surface area contributed by atoms with Gasteiger partial charge in [0.05, 0.1) is 6.20 Å². The fourth-order valence-corrected chi connectivity index (χ4v) is 1.22. The van der Waals surface area contributed by atoms with Gasteiger partial charge in [0.15, 0.2) is 0 Å². The van der Waals surface area contributed by atoms with Crippen molar-refractivity contribution in [2.45, 2.75) is 6.92 Å². The SMILES string of the molecule is Cc1cnn2ccn(C)c12. The van der Waals surface area contributed by atoms with E-state index < -0.39 is 0 Å². The second-order valence-electron chi connectivity index (χ2n) is 2.50. The van der Waals surface area contributed by atoms with Crippen molar-refractivity contribution < 1.29 is 0 Å². The lowest BCUT2D eigenvalue weighted by molar-refractivity contribution is 0.926. The van der Waals surface area contributed by atoms with Crippen LogP contribution < -0.4 is 0 Å². The Balaban J connectivity index is 2.98. The molecule has 0 fully saturated rings. The van der Waals surface area contributed by atoms with Gasteiger partial charge in [0.1, 0.15) is 5.65 Å². The zero-order valence-electron chi connectivity index (χ0n) is 6.07. The lowest BCUT2D eigenvalue weighted by atomic mass is 10.4. The summed E-state index contributed by atoms with van der Waals surface area (Å²) in [6, 6.07) is 0. The minimum absolute atomic E-state index is 1.17. The van der Waals surface area contributed by atoms with Crippen molar-refractivity contribution in [3.8, 4) is 0 Å². The van der Waals surface area contributed by atoms with Crippen molar-refractivity contribution >= 4 is 5.65 Å². The van der Waals surface area contributed by atoms with Crippen LogP contribution in [0.15, 0.2) is 18.6 Å². The Morgan fingerprint density at radius 2 is 2.20 bits per heavy atom. The van der Waals surface area contributed by atoms with E-state index in [1.165, 1.54) is 11.2 Å². The van der Waals surface area contributed by atoms with Crippen LogP contribution in [0.2, 0.25) is 0 Å². The average Bonchev–Trinajstić information content (AvgIpc) is 2.40. The number of imidazole rings is 1. The molecule has 52 valence electrons. The first-order valence-corrected chi connectivity index (χ1v) is 3.24. The van der Waals surface area contributed by atoms with Gasteiger partial charge < -0.3 is 4.57 Å². The molecule has 0 atom stereocenters. The monoisotopic (exact) mass is 135 g/mol.